The summed E-state index contributed by atoms with van der Waals surface area (Å²) in [7, 11) is 3.06. The highest BCUT2D eigenvalue weighted by molar-refractivity contribution is 5.85. The molecule has 0 aliphatic carbocycles. The van der Waals surface area contributed by atoms with E-state index in [0.717, 1.165) is 10.1 Å². The molecule has 2 heterocycles. The van der Waals surface area contributed by atoms with Gasteiger partial charge < -0.3 is 9.47 Å². The fourth-order valence-electron chi connectivity index (χ4n) is 3.89. The molecule has 0 N–H and O–H groups in total. The van der Waals surface area contributed by atoms with Crippen molar-refractivity contribution in [3.8, 4) is 23.3 Å². The number of carbonyl (C=O) groups is 1. The molecule has 0 atom stereocenters. The van der Waals surface area contributed by atoms with Crippen molar-refractivity contribution in [2.24, 2.45) is 0 Å². The molecule has 0 bridgehead atoms. The average Bonchev–Trinajstić information content (AvgIpc) is 2.96. The first kappa shape index (κ1) is 28.9. The molecule has 8 nitrogen and oxygen atoms in total. The third-order valence-electron chi connectivity index (χ3n) is 6.06. The summed E-state index contributed by atoms with van der Waals surface area (Å²) in [6, 6.07) is 19.3. The molecule has 0 fully saturated rings. The van der Waals surface area contributed by atoms with Crippen LogP contribution in [-0.2, 0) is 24.3 Å². The molecular formula is C30H24F3N3O5. The molecule has 0 saturated carbocycles. The largest absolute Gasteiger partial charge is 0.497 e. The lowest BCUT2D eigenvalue weighted by atomic mass is 10.2. The summed E-state index contributed by atoms with van der Waals surface area (Å²) in [4.78, 5) is 42.0. The average molecular weight is 564 g/mol. The normalized spacial score (nSPS) is 11.0. The van der Waals surface area contributed by atoms with E-state index in [9.17, 15) is 27.6 Å². The smallest absolute Gasteiger partial charge is 0.450 e. The van der Waals surface area contributed by atoms with Gasteiger partial charge in [0.2, 0.25) is 5.78 Å². The highest BCUT2D eigenvalue weighted by Crippen LogP contribution is 2.18. The minimum Gasteiger partial charge on any atom is -0.497 e. The van der Waals surface area contributed by atoms with E-state index in [2.05, 4.69) is 16.8 Å². The van der Waals surface area contributed by atoms with Gasteiger partial charge in [-0.05, 0) is 59.4 Å². The molecule has 0 aliphatic rings. The fraction of sp³-hybridized carbons (Fsp3) is 0.200. The topological polar surface area (TPSA) is 92.4 Å². The van der Waals surface area contributed by atoms with Crippen molar-refractivity contribution in [1.82, 2.24) is 14.1 Å². The fourth-order valence-corrected chi connectivity index (χ4v) is 3.89. The predicted molar refractivity (Wildman–Crippen MR) is 144 cm³/mol. The number of carbonyl (C=O) groups excluding carboxylic acids is 1. The standard InChI is InChI=1S/C30H24F3N3O5/c1-40-25-12-6-20(7-13-25)18-35-24(11-10-22-4-3-5-23(34-22)16-27(37)30(31,32)33)17-28(38)36(29(35)39)19-21-8-14-26(41-2)15-9-21/h3-9,12-15,17H,16,18-19H2,1-2H3. The molecule has 2 aromatic heterocycles. The Labute approximate surface area is 232 Å². The van der Waals surface area contributed by atoms with E-state index in [1.165, 1.54) is 43.1 Å². The molecule has 0 spiro atoms. The van der Waals surface area contributed by atoms with Crippen molar-refractivity contribution >= 4 is 5.78 Å². The summed E-state index contributed by atoms with van der Waals surface area (Å²) in [5, 5.41) is 0. The third kappa shape index (κ3) is 7.30. The van der Waals surface area contributed by atoms with Crippen molar-refractivity contribution in [3.63, 3.8) is 0 Å². The van der Waals surface area contributed by atoms with Crippen molar-refractivity contribution in [3.05, 3.63) is 122 Å². The molecule has 4 aromatic rings. The number of rotatable bonds is 8. The van der Waals surface area contributed by atoms with Crippen molar-refractivity contribution in [2.75, 3.05) is 14.2 Å². The number of aromatic nitrogens is 3. The second kappa shape index (κ2) is 12.4. The van der Waals surface area contributed by atoms with E-state index in [1.54, 1.807) is 48.5 Å². The number of ether oxygens (including phenoxy) is 2. The van der Waals surface area contributed by atoms with Gasteiger partial charge in [-0.1, -0.05) is 30.3 Å². The van der Waals surface area contributed by atoms with Gasteiger partial charge in [-0.3, -0.25) is 18.7 Å². The van der Waals surface area contributed by atoms with Gasteiger partial charge in [0.25, 0.3) is 5.56 Å². The Morgan fingerprint density at radius 2 is 1.39 bits per heavy atom. The van der Waals surface area contributed by atoms with Gasteiger partial charge in [-0.2, -0.15) is 13.2 Å². The number of methoxy groups -OCH3 is 2. The number of halogens is 3. The minimum absolute atomic E-state index is 0.00875. The van der Waals surface area contributed by atoms with Gasteiger partial charge in [-0.15, -0.1) is 0 Å². The maximum Gasteiger partial charge on any atom is 0.450 e. The van der Waals surface area contributed by atoms with Crippen LogP contribution >= 0.6 is 0 Å². The number of benzene rings is 2. The number of Topliss-reactive ketones (excluding diaryl/α,β-unsaturated/α-hetero) is 1. The van der Waals surface area contributed by atoms with Crippen LogP contribution in [0.25, 0.3) is 0 Å². The maximum atomic E-state index is 13.6. The van der Waals surface area contributed by atoms with E-state index >= 15 is 0 Å². The number of nitrogens with zero attached hydrogens (tertiary/aromatic N) is 3. The molecule has 0 saturated heterocycles. The van der Waals surface area contributed by atoms with Crippen LogP contribution in [0.1, 0.15) is 28.2 Å². The summed E-state index contributed by atoms with van der Waals surface area (Å²) in [6.07, 6.45) is -5.90. The van der Waals surface area contributed by atoms with Gasteiger partial charge in [-0.25, -0.2) is 9.78 Å². The Hall–Kier alpha value is -5.11. The highest BCUT2D eigenvalue weighted by Gasteiger charge is 2.38. The zero-order valence-corrected chi connectivity index (χ0v) is 22.1. The molecule has 210 valence electrons. The predicted octanol–water partition coefficient (Wildman–Crippen LogP) is 3.59. The molecule has 0 amide bonds. The van der Waals surface area contributed by atoms with E-state index in [4.69, 9.17) is 9.47 Å². The Morgan fingerprint density at radius 3 is 1.93 bits per heavy atom. The lowest BCUT2D eigenvalue weighted by Crippen LogP contribution is -2.41. The number of alkyl halides is 3. The Morgan fingerprint density at radius 1 is 0.829 bits per heavy atom. The van der Waals surface area contributed by atoms with Crippen LogP contribution in [0, 0.1) is 11.8 Å². The van der Waals surface area contributed by atoms with Gasteiger partial charge in [0.15, 0.2) is 0 Å². The molecule has 0 aliphatic heterocycles. The van der Waals surface area contributed by atoms with Crippen LogP contribution in [0.4, 0.5) is 13.2 Å². The zero-order chi connectivity index (χ0) is 29.6. The molecule has 0 radical (unpaired) electrons. The van der Waals surface area contributed by atoms with Gasteiger partial charge in [0.1, 0.15) is 22.9 Å². The Bertz CT molecular complexity index is 1730. The van der Waals surface area contributed by atoms with E-state index < -0.39 is 29.6 Å². The lowest BCUT2D eigenvalue weighted by molar-refractivity contribution is -0.170. The van der Waals surface area contributed by atoms with E-state index in [0.29, 0.717) is 17.1 Å². The summed E-state index contributed by atoms with van der Waals surface area (Å²) in [5.41, 5.74) is 0.295. The monoisotopic (exact) mass is 563 g/mol. The van der Waals surface area contributed by atoms with Crippen LogP contribution in [0.3, 0.4) is 0 Å². The lowest BCUT2D eigenvalue weighted by Gasteiger charge is -2.13. The summed E-state index contributed by atoms with van der Waals surface area (Å²) < 4.78 is 50.8. The second-order valence-electron chi connectivity index (χ2n) is 8.88. The molecule has 4 rings (SSSR count). The van der Waals surface area contributed by atoms with Crippen molar-refractivity contribution in [2.45, 2.75) is 25.7 Å². The quantitative estimate of drug-likeness (QED) is 0.305. The van der Waals surface area contributed by atoms with Crippen LogP contribution in [0.2, 0.25) is 0 Å². The molecule has 11 heteroatoms. The molecule has 41 heavy (non-hydrogen) atoms. The highest BCUT2D eigenvalue weighted by atomic mass is 19.4. The van der Waals surface area contributed by atoms with Crippen LogP contribution in [-0.4, -0.2) is 40.3 Å². The molecule has 0 unspecified atom stereocenters. The number of hydrogen-bond donors (Lipinski definition) is 0. The van der Waals surface area contributed by atoms with Crippen LogP contribution in [0.15, 0.2) is 82.4 Å². The maximum absolute atomic E-state index is 13.6. The summed E-state index contributed by atoms with van der Waals surface area (Å²) >= 11 is 0. The third-order valence-corrected chi connectivity index (χ3v) is 6.06. The first-order valence-electron chi connectivity index (χ1n) is 12.3. The van der Waals surface area contributed by atoms with Crippen molar-refractivity contribution in [1.29, 1.82) is 0 Å². The zero-order valence-electron chi connectivity index (χ0n) is 22.1. The first-order valence-corrected chi connectivity index (χ1v) is 12.3. The van der Waals surface area contributed by atoms with Gasteiger partial charge in [0, 0.05) is 11.8 Å². The second-order valence-corrected chi connectivity index (χ2v) is 8.88. The number of pyridine rings is 1. The molecule has 2 aromatic carbocycles. The van der Waals surface area contributed by atoms with E-state index in [-0.39, 0.29) is 30.2 Å². The SMILES string of the molecule is COc1ccc(Cn2c(C#Cc3cccc(CC(=O)C(F)(F)F)n3)cc(=O)n(Cc3ccc(OC)cc3)c2=O)cc1. The Balaban J connectivity index is 1.74. The van der Waals surface area contributed by atoms with Crippen LogP contribution in [0.5, 0.6) is 11.5 Å². The van der Waals surface area contributed by atoms with Crippen molar-refractivity contribution < 1.29 is 27.4 Å². The van der Waals surface area contributed by atoms with Gasteiger partial charge >= 0.3 is 11.9 Å². The first-order chi connectivity index (χ1) is 19.6. The minimum atomic E-state index is -4.98. The Kier molecular flexibility index (Phi) is 8.72. The number of hydrogen-bond acceptors (Lipinski definition) is 6. The summed E-state index contributed by atoms with van der Waals surface area (Å²) in [6.45, 7) is 0.0815. The van der Waals surface area contributed by atoms with Crippen LogP contribution < -0.4 is 20.7 Å². The van der Waals surface area contributed by atoms with Gasteiger partial charge in [0.05, 0.1) is 33.7 Å². The number of ketones is 1. The summed E-state index contributed by atoms with van der Waals surface area (Å²) in [5.74, 6) is 4.79. The molecular weight excluding hydrogens is 539 g/mol. The van der Waals surface area contributed by atoms with E-state index in [1.807, 2.05) is 0 Å².